The first kappa shape index (κ1) is 51.7. The van der Waals surface area contributed by atoms with Gasteiger partial charge in [0, 0.05) is 25.9 Å². The third-order valence-corrected chi connectivity index (χ3v) is 17.1. The Balaban J connectivity index is 1.22. The van der Waals surface area contributed by atoms with Gasteiger partial charge in [-0.3, -0.25) is 9.69 Å². The minimum Gasteiger partial charge on any atom is -0.462 e. The highest BCUT2D eigenvalue weighted by Gasteiger charge is 2.59. The van der Waals surface area contributed by atoms with Crippen LogP contribution in [-0.4, -0.2) is 59.0 Å². The number of hydrogen-bond donors (Lipinski definition) is 2. The smallest absolute Gasteiger partial charge is 0.306 e. The quantitative estimate of drug-likeness (QED) is 0.0401. The van der Waals surface area contributed by atoms with Crippen molar-refractivity contribution in [3.8, 4) is 0 Å². The Hall–Kier alpha value is -0.910. The van der Waals surface area contributed by atoms with E-state index in [0.29, 0.717) is 37.9 Å². The van der Waals surface area contributed by atoms with Crippen LogP contribution in [0, 0.1) is 46.3 Å². The molecule has 3 saturated carbocycles. The Morgan fingerprint density at radius 1 is 0.700 bits per heavy atom. The largest absolute Gasteiger partial charge is 0.462 e. The van der Waals surface area contributed by atoms with Gasteiger partial charge in [-0.1, -0.05) is 182 Å². The Morgan fingerprint density at radius 2 is 1.28 bits per heavy atom. The van der Waals surface area contributed by atoms with E-state index in [0.717, 1.165) is 80.5 Å². The maximum absolute atomic E-state index is 13.4. The van der Waals surface area contributed by atoms with Crippen LogP contribution in [0.25, 0.3) is 0 Å². The minimum absolute atomic E-state index is 0.00261. The second-order valence-electron chi connectivity index (χ2n) is 22.3. The zero-order chi connectivity index (χ0) is 43.4. The van der Waals surface area contributed by atoms with Crippen LogP contribution in [0.4, 0.5) is 0 Å². The van der Waals surface area contributed by atoms with Crippen molar-refractivity contribution in [2.75, 3.05) is 19.6 Å². The zero-order valence-corrected chi connectivity index (χ0v) is 41.0. The van der Waals surface area contributed by atoms with Crippen LogP contribution in [0.2, 0.25) is 0 Å². The molecule has 4 aliphatic rings. The molecule has 3 fully saturated rings. The van der Waals surface area contributed by atoms with Crippen molar-refractivity contribution in [1.82, 2.24) is 4.90 Å². The summed E-state index contributed by atoms with van der Waals surface area (Å²) >= 11 is 0. The Labute approximate surface area is 372 Å². The Bertz CT molecular complexity index is 1170. The third kappa shape index (κ3) is 16.3. The number of aliphatic hydroxyl groups is 2. The highest BCUT2D eigenvalue weighted by atomic mass is 16.5. The van der Waals surface area contributed by atoms with Crippen molar-refractivity contribution in [1.29, 1.82) is 0 Å². The van der Waals surface area contributed by atoms with Gasteiger partial charge in [0.25, 0.3) is 0 Å². The van der Waals surface area contributed by atoms with Gasteiger partial charge in [-0.2, -0.15) is 0 Å². The molecule has 4 rings (SSSR count). The van der Waals surface area contributed by atoms with Gasteiger partial charge >= 0.3 is 5.97 Å². The maximum Gasteiger partial charge on any atom is 0.306 e. The van der Waals surface area contributed by atoms with Crippen LogP contribution >= 0.6 is 0 Å². The van der Waals surface area contributed by atoms with E-state index in [2.05, 4.69) is 59.4 Å². The zero-order valence-electron chi connectivity index (χ0n) is 41.0. The van der Waals surface area contributed by atoms with Gasteiger partial charge in [0.05, 0.1) is 12.2 Å². The monoisotopic (exact) mass is 840 g/mol. The van der Waals surface area contributed by atoms with E-state index in [1.165, 1.54) is 141 Å². The fourth-order valence-corrected chi connectivity index (χ4v) is 13.5. The van der Waals surface area contributed by atoms with Gasteiger partial charge in [-0.25, -0.2) is 0 Å². The number of carbonyl (C=O) groups excluding carboxylic acids is 1. The van der Waals surface area contributed by atoms with Gasteiger partial charge in [0.2, 0.25) is 0 Å². The first-order valence-electron chi connectivity index (χ1n) is 26.9. The molecule has 4 aliphatic carbocycles. The van der Waals surface area contributed by atoms with Gasteiger partial charge in [0.15, 0.2) is 0 Å². The molecule has 10 atom stereocenters. The molecule has 60 heavy (non-hydrogen) atoms. The molecular weight excluding hydrogens is 739 g/mol. The van der Waals surface area contributed by atoms with E-state index in [9.17, 15) is 15.0 Å². The number of nitrogens with zero attached hydrogens (tertiary/aromatic N) is 1. The maximum atomic E-state index is 13.4. The van der Waals surface area contributed by atoms with Crippen molar-refractivity contribution in [3.05, 3.63) is 11.6 Å². The number of unbranched alkanes of at least 4 members (excludes halogenated alkanes) is 14. The van der Waals surface area contributed by atoms with Crippen LogP contribution in [0.3, 0.4) is 0 Å². The average molecular weight is 840 g/mol. The minimum atomic E-state index is -0.386. The number of rotatable bonds is 32. The Kier molecular flexibility index (Phi) is 23.6. The summed E-state index contributed by atoms with van der Waals surface area (Å²) in [5, 5.41) is 22.1. The van der Waals surface area contributed by atoms with Crippen molar-refractivity contribution >= 4 is 5.97 Å². The number of carbonyl (C=O) groups is 1. The summed E-state index contributed by atoms with van der Waals surface area (Å²) in [6.45, 7) is 19.0. The number of aliphatic hydroxyl groups excluding tert-OH is 2. The molecule has 2 N–H and O–H groups in total. The molecule has 0 bridgehead atoms. The van der Waals surface area contributed by atoms with E-state index < -0.39 is 0 Å². The molecule has 350 valence electrons. The summed E-state index contributed by atoms with van der Waals surface area (Å²) in [5.41, 5.74) is 2.37. The predicted octanol–water partition coefficient (Wildman–Crippen LogP) is 14.8. The second kappa shape index (κ2) is 27.4. The predicted molar refractivity (Wildman–Crippen MR) is 255 cm³/mol. The fourth-order valence-electron chi connectivity index (χ4n) is 13.5. The van der Waals surface area contributed by atoms with E-state index in [-0.39, 0.29) is 29.7 Å². The molecule has 0 saturated heterocycles. The second-order valence-corrected chi connectivity index (χ2v) is 22.3. The van der Waals surface area contributed by atoms with E-state index in [4.69, 9.17) is 4.74 Å². The molecule has 5 heteroatoms. The van der Waals surface area contributed by atoms with E-state index in [1.54, 1.807) is 5.57 Å². The van der Waals surface area contributed by atoms with Crippen LogP contribution in [-0.2, 0) is 9.53 Å². The summed E-state index contributed by atoms with van der Waals surface area (Å²) in [7, 11) is 0. The van der Waals surface area contributed by atoms with Crippen molar-refractivity contribution in [3.63, 3.8) is 0 Å². The van der Waals surface area contributed by atoms with Crippen molar-refractivity contribution in [2.24, 2.45) is 46.3 Å². The lowest BCUT2D eigenvalue weighted by molar-refractivity contribution is -0.151. The van der Waals surface area contributed by atoms with Crippen molar-refractivity contribution < 1.29 is 19.7 Å². The highest BCUT2D eigenvalue weighted by molar-refractivity contribution is 5.69. The topological polar surface area (TPSA) is 70.0 Å². The summed E-state index contributed by atoms with van der Waals surface area (Å²) in [4.78, 5) is 15.6. The number of hydrogen-bond acceptors (Lipinski definition) is 5. The normalized spacial score (nSPS) is 29.2. The van der Waals surface area contributed by atoms with Gasteiger partial charge in [-0.15, -0.1) is 0 Å². The first-order valence-corrected chi connectivity index (χ1v) is 26.9. The van der Waals surface area contributed by atoms with E-state index >= 15 is 0 Å². The van der Waals surface area contributed by atoms with Crippen LogP contribution < -0.4 is 0 Å². The summed E-state index contributed by atoms with van der Waals surface area (Å²) < 4.78 is 6.25. The molecule has 0 heterocycles. The van der Waals surface area contributed by atoms with Crippen LogP contribution in [0.5, 0.6) is 0 Å². The Morgan fingerprint density at radius 3 is 1.87 bits per heavy atom. The number of fused-ring (bicyclic) bond motifs is 5. The molecule has 0 aromatic rings. The molecule has 5 nitrogen and oxygen atoms in total. The first-order chi connectivity index (χ1) is 28.9. The molecule has 4 unspecified atom stereocenters. The average Bonchev–Trinajstić information content (AvgIpc) is 3.57. The highest BCUT2D eigenvalue weighted by Crippen LogP contribution is 2.67. The van der Waals surface area contributed by atoms with Gasteiger partial charge in [0.1, 0.15) is 6.10 Å². The van der Waals surface area contributed by atoms with E-state index in [1.807, 2.05) is 0 Å². The van der Waals surface area contributed by atoms with Crippen molar-refractivity contribution in [2.45, 2.75) is 266 Å². The molecule has 0 radical (unpaired) electrons. The summed E-state index contributed by atoms with van der Waals surface area (Å²) in [6.07, 6.45) is 39.0. The van der Waals surface area contributed by atoms with Crippen LogP contribution in [0.15, 0.2) is 11.6 Å². The standard InChI is InChI=1S/C55H101NO4/c1-8-10-12-14-16-18-20-22-28-46(57)41-56(42-47(58)29-23-21-19-17-15-13-11-9-2)39-25-30-53(59)60-48-35-37-54(6)45(40-48)31-32-49-51-34-33-50(44(5)27-24-26-43(3)4)55(51,7)38-36-52(49)54/h31,43-44,46-52,57-58H,8-30,32-42H2,1-7H3/t44?,46-,47-,48+,49?,50-,51?,52?,54+,55-/m1/s1. The molecule has 0 spiro atoms. The number of esters is 1. The summed E-state index contributed by atoms with van der Waals surface area (Å²) in [6, 6.07) is 0. The molecule has 0 aliphatic heterocycles. The lowest BCUT2D eigenvalue weighted by atomic mass is 9.47. The van der Waals surface area contributed by atoms with Gasteiger partial charge < -0.3 is 14.9 Å². The SMILES string of the molecule is CCCCCCCCCC[C@@H](O)CN(CCCC(=O)O[C@H]1CC[C@@]2(C)C(=CCC3C2CC[C@@]2(C)C3CC[C@@H]2C(C)CCCC(C)C)C1)C[C@H](O)CCCCCCCCCC. The third-order valence-electron chi connectivity index (χ3n) is 17.1. The molecular formula is C55H101NO4. The van der Waals surface area contributed by atoms with Crippen LogP contribution in [0.1, 0.15) is 248 Å². The number of ether oxygens (including phenoxy) is 1. The summed E-state index contributed by atoms with van der Waals surface area (Å²) in [5.74, 6) is 4.97. The lowest BCUT2D eigenvalue weighted by Gasteiger charge is -2.58. The molecule has 0 amide bonds. The molecule has 0 aromatic carbocycles. The lowest BCUT2D eigenvalue weighted by Crippen LogP contribution is -2.51. The van der Waals surface area contributed by atoms with Gasteiger partial charge in [-0.05, 0) is 117 Å². The fraction of sp³-hybridized carbons (Fsp3) is 0.945. The molecule has 0 aromatic heterocycles. The number of allylic oxidation sites excluding steroid dienone is 1.